The van der Waals surface area contributed by atoms with Crippen molar-refractivity contribution in [3.63, 3.8) is 0 Å². The van der Waals surface area contributed by atoms with E-state index < -0.39 is 12.1 Å². The first-order valence-corrected chi connectivity index (χ1v) is 6.94. The molecule has 0 spiro atoms. The summed E-state index contributed by atoms with van der Waals surface area (Å²) in [6.45, 7) is 0. The summed E-state index contributed by atoms with van der Waals surface area (Å²) in [7, 11) is 0. The molecule has 0 bridgehead atoms. The van der Waals surface area contributed by atoms with Gasteiger partial charge < -0.3 is 10.2 Å². The molecule has 0 aliphatic carbocycles. The molecule has 0 fully saturated rings. The SMILES string of the molecule is CSCCC(O)c1ccc(Br)cc1C(=O)O. The number of carboxylic acids is 1. The highest BCUT2D eigenvalue weighted by Crippen LogP contribution is 2.25. The molecule has 1 rings (SSSR count). The molecular weight excluding hydrogens is 292 g/mol. The number of aliphatic hydroxyl groups excluding tert-OH is 1. The van der Waals surface area contributed by atoms with Crippen LogP contribution in [-0.2, 0) is 0 Å². The highest BCUT2D eigenvalue weighted by atomic mass is 79.9. The molecule has 0 saturated heterocycles. The second kappa shape index (κ2) is 6.27. The van der Waals surface area contributed by atoms with Gasteiger partial charge in [0.15, 0.2) is 0 Å². The van der Waals surface area contributed by atoms with E-state index in [1.165, 1.54) is 6.07 Å². The quantitative estimate of drug-likeness (QED) is 0.878. The summed E-state index contributed by atoms with van der Waals surface area (Å²) in [6.07, 6.45) is 1.79. The summed E-state index contributed by atoms with van der Waals surface area (Å²) >= 11 is 4.84. The minimum absolute atomic E-state index is 0.156. The van der Waals surface area contributed by atoms with Crippen molar-refractivity contribution in [1.82, 2.24) is 0 Å². The molecule has 0 aromatic heterocycles. The zero-order valence-corrected chi connectivity index (χ0v) is 11.2. The summed E-state index contributed by atoms with van der Waals surface area (Å²) in [6, 6.07) is 4.91. The van der Waals surface area contributed by atoms with E-state index >= 15 is 0 Å². The maximum Gasteiger partial charge on any atom is 0.336 e. The minimum Gasteiger partial charge on any atom is -0.478 e. The van der Waals surface area contributed by atoms with E-state index in [1.807, 2.05) is 6.26 Å². The van der Waals surface area contributed by atoms with E-state index in [2.05, 4.69) is 15.9 Å². The lowest BCUT2D eigenvalue weighted by Gasteiger charge is -2.13. The predicted molar refractivity (Wildman–Crippen MR) is 69.1 cm³/mol. The second-order valence-electron chi connectivity index (χ2n) is 3.33. The van der Waals surface area contributed by atoms with Gasteiger partial charge in [-0.2, -0.15) is 11.8 Å². The maximum atomic E-state index is 11.0. The molecule has 0 aliphatic heterocycles. The third kappa shape index (κ3) is 3.50. The third-order valence-electron chi connectivity index (χ3n) is 2.20. The van der Waals surface area contributed by atoms with Crippen molar-refractivity contribution >= 4 is 33.7 Å². The average molecular weight is 305 g/mol. The molecule has 1 atom stereocenters. The molecule has 5 heteroatoms. The number of carboxylic acid groups (broad SMARTS) is 1. The largest absolute Gasteiger partial charge is 0.478 e. The summed E-state index contributed by atoms with van der Waals surface area (Å²) in [5.74, 6) is -0.212. The minimum atomic E-state index is -1.01. The van der Waals surface area contributed by atoms with Gasteiger partial charge in [-0.3, -0.25) is 0 Å². The Kier molecular flexibility index (Phi) is 5.31. The summed E-state index contributed by atoms with van der Waals surface area (Å²) in [5.41, 5.74) is 0.632. The lowest BCUT2D eigenvalue weighted by Crippen LogP contribution is -2.08. The maximum absolute atomic E-state index is 11.0. The first kappa shape index (κ1) is 13.5. The van der Waals surface area contributed by atoms with Gasteiger partial charge in [0.1, 0.15) is 0 Å². The van der Waals surface area contributed by atoms with Crippen LogP contribution in [0.4, 0.5) is 0 Å². The Morgan fingerprint density at radius 3 is 2.81 bits per heavy atom. The molecule has 0 saturated carbocycles. The van der Waals surface area contributed by atoms with E-state index in [-0.39, 0.29) is 5.56 Å². The first-order chi connectivity index (χ1) is 7.56. The summed E-state index contributed by atoms with van der Waals surface area (Å²) in [4.78, 5) is 11.0. The average Bonchev–Trinajstić information content (AvgIpc) is 2.25. The van der Waals surface area contributed by atoms with Crippen molar-refractivity contribution < 1.29 is 15.0 Å². The van der Waals surface area contributed by atoms with Crippen molar-refractivity contribution in [3.8, 4) is 0 Å². The van der Waals surface area contributed by atoms with Crippen LogP contribution in [0.1, 0.15) is 28.4 Å². The second-order valence-corrected chi connectivity index (χ2v) is 5.24. The van der Waals surface area contributed by atoms with Gasteiger partial charge in [-0.1, -0.05) is 22.0 Å². The summed E-state index contributed by atoms with van der Waals surface area (Å²) < 4.78 is 0.700. The van der Waals surface area contributed by atoms with Crippen LogP contribution in [-0.4, -0.2) is 28.2 Å². The van der Waals surface area contributed by atoms with Crippen LogP contribution >= 0.6 is 27.7 Å². The van der Waals surface area contributed by atoms with Gasteiger partial charge in [0.05, 0.1) is 11.7 Å². The molecule has 0 aliphatic rings. The lowest BCUT2D eigenvalue weighted by molar-refractivity contribution is 0.0688. The lowest BCUT2D eigenvalue weighted by atomic mass is 10.0. The zero-order valence-electron chi connectivity index (χ0n) is 8.81. The standard InChI is InChI=1S/C11H13BrO3S/c1-16-5-4-10(13)8-3-2-7(12)6-9(8)11(14)15/h2-3,6,10,13H,4-5H2,1H3,(H,14,15). The number of rotatable bonds is 5. The number of aromatic carboxylic acids is 1. The summed E-state index contributed by atoms with van der Waals surface area (Å²) in [5, 5.41) is 18.9. The van der Waals surface area contributed by atoms with E-state index in [4.69, 9.17) is 5.11 Å². The van der Waals surface area contributed by atoms with E-state index in [9.17, 15) is 9.90 Å². The van der Waals surface area contributed by atoms with Gasteiger partial charge in [0, 0.05) is 4.47 Å². The van der Waals surface area contributed by atoms with Crippen LogP contribution in [0, 0.1) is 0 Å². The number of halogens is 1. The Bertz CT molecular complexity index is 381. The van der Waals surface area contributed by atoms with Gasteiger partial charge >= 0.3 is 5.97 Å². The Balaban J connectivity index is 2.98. The number of hydrogen-bond donors (Lipinski definition) is 2. The van der Waals surface area contributed by atoms with E-state index in [1.54, 1.807) is 23.9 Å². The fraction of sp³-hybridized carbons (Fsp3) is 0.364. The Hall–Kier alpha value is -0.520. The first-order valence-electron chi connectivity index (χ1n) is 4.76. The van der Waals surface area contributed by atoms with Crippen molar-refractivity contribution in [2.24, 2.45) is 0 Å². The fourth-order valence-corrected chi connectivity index (χ4v) is 2.21. The number of aliphatic hydroxyl groups is 1. The van der Waals surface area contributed by atoms with Gasteiger partial charge in [-0.25, -0.2) is 4.79 Å². The third-order valence-corrected chi connectivity index (χ3v) is 3.34. The molecule has 0 heterocycles. The van der Waals surface area contributed by atoms with Gasteiger partial charge in [-0.15, -0.1) is 0 Å². The van der Waals surface area contributed by atoms with E-state index in [0.29, 0.717) is 16.5 Å². The van der Waals surface area contributed by atoms with E-state index in [0.717, 1.165) is 5.75 Å². The van der Waals surface area contributed by atoms with Crippen LogP contribution < -0.4 is 0 Å². The van der Waals surface area contributed by atoms with Crippen molar-refractivity contribution in [3.05, 3.63) is 33.8 Å². The van der Waals surface area contributed by atoms with Crippen LogP contribution in [0.2, 0.25) is 0 Å². The number of benzene rings is 1. The Morgan fingerprint density at radius 2 is 2.25 bits per heavy atom. The van der Waals surface area contributed by atoms with Crippen molar-refractivity contribution in [2.75, 3.05) is 12.0 Å². The Morgan fingerprint density at radius 1 is 1.56 bits per heavy atom. The number of carbonyl (C=O) groups is 1. The van der Waals surface area contributed by atoms with Crippen LogP contribution in [0.25, 0.3) is 0 Å². The monoisotopic (exact) mass is 304 g/mol. The molecule has 0 amide bonds. The molecule has 16 heavy (non-hydrogen) atoms. The van der Waals surface area contributed by atoms with Gasteiger partial charge in [-0.05, 0) is 36.1 Å². The molecule has 1 aromatic rings. The van der Waals surface area contributed by atoms with Gasteiger partial charge in [0.25, 0.3) is 0 Å². The van der Waals surface area contributed by atoms with Crippen molar-refractivity contribution in [1.29, 1.82) is 0 Å². The van der Waals surface area contributed by atoms with Gasteiger partial charge in [0.2, 0.25) is 0 Å². The molecule has 1 aromatic carbocycles. The van der Waals surface area contributed by atoms with Crippen molar-refractivity contribution in [2.45, 2.75) is 12.5 Å². The topological polar surface area (TPSA) is 57.5 Å². The normalized spacial score (nSPS) is 12.4. The molecule has 88 valence electrons. The predicted octanol–water partition coefficient (Wildman–Crippen LogP) is 2.93. The smallest absolute Gasteiger partial charge is 0.336 e. The van der Waals surface area contributed by atoms with Crippen LogP contribution in [0.5, 0.6) is 0 Å². The highest BCUT2D eigenvalue weighted by Gasteiger charge is 2.16. The molecular formula is C11H13BrO3S. The zero-order chi connectivity index (χ0) is 12.1. The number of thioether (sulfide) groups is 1. The molecule has 2 N–H and O–H groups in total. The Labute approximate surface area is 107 Å². The fourth-order valence-electron chi connectivity index (χ4n) is 1.39. The highest BCUT2D eigenvalue weighted by molar-refractivity contribution is 9.10. The van der Waals surface area contributed by atoms with Crippen LogP contribution in [0.3, 0.4) is 0 Å². The molecule has 3 nitrogen and oxygen atoms in total. The molecule has 1 unspecified atom stereocenters. The van der Waals surface area contributed by atoms with Crippen LogP contribution in [0.15, 0.2) is 22.7 Å². The molecule has 0 radical (unpaired) electrons. The number of hydrogen-bond acceptors (Lipinski definition) is 3.